The second kappa shape index (κ2) is 4.93. The molecule has 102 valence electrons. The molecule has 5 heteroatoms. The van der Waals surface area contributed by atoms with Gasteiger partial charge in [0.2, 0.25) is 0 Å². The number of carbonyl (C=O) groups is 1. The Balaban J connectivity index is 1.49. The van der Waals surface area contributed by atoms with E-state index < -0.39 is 0 Å². The molecule has 2 amide bonds. The molecule has 0 aromatic heterocycles. The summed E-state index contributed by atoms with van der Waals surface area (Å²) in [6.07, 6.45) is 3.87. The lowest BCUT2D eigenvalue weighted by molar-refractivity contribution is 0.0481. The summed E-state index contributed by atoms with van der Waals surface area (Å²) in [6, 6.07) is 0.263. The van der Waals surface area contributed by atoms with E-state index in [0.29, 0.717) is 10.9 Å². The maximum absolute atomic E-state index is 12.2. The predicted molar refractivity (Wildman–Crippen MR) is 73.0 cm³/mol. The average Bonchev–Trinajstić information content (AvgIpc) is 2.95. The highest BCUT2D eigenvalue weighted by atomic mass is 32.2. The zero-order valence-electron chi connectivity index (χ0n) is 11.1. The van der Waals surface area contributed by atoms with E-state index in [1.54, 1.807) is 0 Å². The van der Waals surface area contributed by atoms with Gasteiger partial charge in [0.15, 0.2) is 0 Å². The molecule has 3 rings (SSSR count). The van der Waals surface area contributed by atoms with Crippen LogP contribution in [0.15, 0.2) is 0 Å². The van der Waals surface area contributed by atoms with Crippen molar-refractivity contribution in [2.24, 2.45) is 0 Å². The second-order valence-electron chi connectivity index (χ2n) is 5.61. The largest absolute Gasteiger partial charge is 0.378 e. The number of thioether (sulfide) groups is 1. The third-order valence-electron chi connectivity index (χ3n) is 4.18. The third kappa shape index (κ3) is 2.23. The minimum Gasteiger partial charge on any atom is -0.378 e. The summed E-state index contributed by atoms with van der Waals surface area (Å²) in [6.45, 7) is 6.62. The van der Waals surface area contributed by atoms with Crippen LogP contribution in [0.4, 0.5) is 4.79 Å². The Bertz CT molecular complexity index is 325. The lowest BCUT2D eigenvalue weighted by atomic mass is 9.93. The normalized spacial score (nSPS) is 29.9. The molecule has 0 saturated carbocycles. The van der Waals surface area contributed by atoms with Crippen molar-refractivity contribution in [2.45, 2.75) is 37.0 Å². The minimum absolute atomic E-state index is 0.263. The highest BCUT2D eigenvalue weighted by Crippen LogP contribution is 2.46. The van der Waals surface area contributed by atoms with Crippen molar-refractivity contribution in [3.63, 3.8) is 0 Å². The van der Waals surface area contributed by atoms with E-state index in [0.717, 1.165) is 45.0 Å². The molecule has 4 nitrogen and oxygen atoms in total. The Labute approximate surface area is 113 Å². The summed E-state index contributed by atoms with van der Waals surface area (Å²) in [4.78, 5) is 16.2. The summed E-state index contributed by atoms with van der Waals surface area (Å²) >= 11 is 2.01. The first-order chi connectivity index (χ1) is 8.72. The van der Waals surface area contributed by atoms with Gasteiger partial charge in [-0.3, -0.25) is 0 Å². The van der Waals surface area contributed by atoms with Crippen LogP contribution in [0.3, 0.4) is 0 Å². The third-order valence-corrected chi connectivity index (χ3v) is 5.76. The molecule has 3 saturated heterocycles. The van der Waals surface area contributed by atoms with Crippen molar-refractivity contribution >= 4 is 17.8 Å². The van der Waals surface area contributed by atoms with Gasteiger partial charge < -0.3 is 14.5 Å². The standard InChI is InChI=1S/C13H22N2O2S/c1-2-17-11-7-13(18-8-11)9-15(10-13)12(16)14-5-3-4-6-14/h11H,2-10H2,1H3/t11-/m1/s1. The van der Waals surface area contributed by atoms with Gasteiger partial charge in [0.05, 0.1) is 10.9 Å². The van der Waals surface area contributed by atoms with Gasteiger partial charge in [0, 0.05) is 38.5 Å². The molecule has 0 aliphatic carbocycles. The first-order valence-corrected chi connectivity index (χ1v) is 8.00. The summed E-state index contributed by atoms with van der Waals surface area (Å²) in [5.74, 6) is 1.10. The second-order valence-corrected chi connectivity index (χ2v) is 7.10. The van der Waals surface area contributed by atoms with E-state index in [9.17, 15) is 4.79 Å². The van der Waals surface area contributed by atoms with Crippen molar-refractivity contribution in [3.8, 4) is 0 Å². The van der Waals surface area contributed by atoms with E-state index in [-0.39, 0.29) is 6.03 Å². The number of hydrogen-bond donors (Lipinski definition) is 0. The van der Waals surface area contributed by atoms with E-state index >= 15 is 0 Å². The molecular weight excluding hydrogens is 248 g/mol. The van der Waals surface area contributed by atoms with Crippen LogP contribution in [0.2, 0.25) is 0 Å². The van der Waals surface area contributed by atoms with Crippen LogP contribution in [-0.4, -0.2) is 65.2 Å². The number of rotatable bonds is 2. The first kappa shape index (κ1) is 12.6. The Hall–Kier alpha value is -0.420. The number of likely N-dealkylation sites (tertiary alicyclic amines) is 2. The maximum Gasteiger partial charge on any atom is 0.320 e. The lowest BCUT2D eigenvalue weighted by Gasteiger charge is -2.48. The molecule has 0 bridgehead atoms. The topological polar surface area (TPSA) is 32.8 Å². The first-order valence-electron chi connectivity index (χ1n) is 7.02. The highest BCUT2D eigenvalue weighted by molar-refractivity contribution is 8.01. The van der Waals surface area contributed by atoms with Gasteiger partial charge in [-0.25, -0.2) is 4.79 Å². The zero-order valence-corrected chi connectivity index (χ0v) is 11.9. The molecule has 0 aromatic carbocycles. The van der Waals surface area contributed by atoms with E-state index in [1.165, 1.54) is 12.8 Å². The van der Waals surface area contributed by atoms with Crippen LogP contribution in [0.5, 0.6) is 0 Å². The van der Waals surface area contributed by atoms with Crippen LogP contribution in [0.25, 0.3) is 0 Å². The Morgan fingerprint density at radius 3 is 2.72 bits per heavy atom. The molecule has 1 atom stereocenters. The molecule has 0 unspecified atom stereocenters. The van der Waals surface area contributed by atoms with Crippen molar-refractivity contribution in [1.29, 1.82) is 0 Å². The fraction of sp³-hybridized carbons (Fsp3) is 0.923. The van der Waals surface area contributed by atoms with E-state index in [2.05, 4.69) is 6.92 Å². The molecule has 3 heterocycles. The Morgan fingerprint density at radius 1 is 1.33 bits per heavy atom. The van der Waals surface area contributed by atoms with Gasteiger partial charge in [-0.2, -0.15) is 0 Å². The minimum atomic E-state index is 0.263. The van der Waals surface area contributed by atoms with Crippen molar-refractivity contribution in [2.75, 3.05) is 38.5 Å². The summed E-state index contributed by atoms with van der Waals surface area (Å²) < 4.78 is 6.01. The smallest absolute Gasteiger partial charge is 0.320 e. The number of hydrogen-bond acceptors (Lipinski definition) is 3. The number of amides is 2. The van der Waals surface area contributed by atoms with Crippen molar-refractivity contribution in [3.05, 3.63) is 0 Å². The predicted octanol–water partition coefficient (Wildman–Crippen LogP) is 1.80. The molecule has 0 N–H and O–H groups in total. The van der Waals surface area contributed by atoms with Crippen LogP contribution in [-0.2, 0) is 4.74 Å². The molecule has 3 fully saturated rings. The Kier molecular flexibility index (Phi) is 3.45. The van der Waals surface area contributed by atoms with E-state index in [4.69, 9.17) is 4.74 Å². The molecule has 18 heavy (non-hydrogen) atoms. The van der Waals surface area contributed by atoms with Crippen molar-refractivity contribution < 1.29 is 9.53 Å². The molecule has 3 aliphatic rings. The Morgan fingerprint density at radius 2 is 2.06 bits per heavy atom. The van der Waals surface area contributed by atoms with Crippen LogP contribution in [0, 0.1) is 0 Å². The number of ether oxygens (including phenoxy) is 1. The fourth-order valence-corrected chi connectivity index (χ4v) is 4.81. The van der Waals surface area contributed by atoms with Crippen molar-refractivity contribution in [1.82, 2.24) is 9.80 Å². The van der Waals surface area contributed by atoms with Gasteiger partial charge >= 0.3 is 6.03 Å². The van der Waals surface area contributed by atoms with E-state index in [1.807, 2.05) is 21.6 Å². The number of carbonyl (C=O) groups excluding carboxylic acids is 1. The maximum atomic E-state index is 12.2. The SMILES string of the molecule is CCO[C@H]1CSC2(C1)CN(C(=O)N1CCCC1)C2. The van der Waals surface area contributed by atoms with Crippen LogP contribution >= 0.6 is 11.8 Å². The number of urea groups is 1. The zero-order chi connectivity index (χ0) is 12.6. The summed E-state index contributed by atoms with van der Waals surface area (Å²) in [5, 5.41) is 0. The van der Waals surface area contributed by atoms with Gasteiger partial charge in [-0.1, -0.05) is 0 Å². The van der Waals surface area contributed by atoms with Gasteiger partial charge in [-0.15, -0.1) is 11.8 Å². The molecule has 3 aliphatic heterocycles. The number of nitrogens with zero attached hydrogens (tertiary/aromatic N) is 2. The molecule has 1 spiro atoms. The van der Waals surface area contributed by atoms with Gasteiger partial charge in [0.1, 0.15) is 0 Å². The summed E-state index contributed by atoms with van der Waals surface area (Å²) in [7, 11) is 0. The molecule has 0 aromatic rings. The lowest BCUT2D eigenvalue weighted by Crippen LogP contribution is -2.63. The fourth-order valence-electron chi connectivity index (χ4n) is 3.26. The van der Waals surface area contributed by atoms with Crippen LogP contribution in [0.1, 0.15) is 26.2 Å². The highest BCUT2D eigenvalue weighted by Gasteiger charge is 2.51. The molecule has 0 radical (unpaired) electrons. The van der Waals surface area contributed by atoms with Gasteiger partial charge in [-0.05, 0) is 26.2 Å². The van der Waals surface area contributed by atoms with Gasteiger partial charge in [0.25, 0.3) is 0 Å². The monoisotopic (exact) mass is 270 g/mol. The molecular formula is C13H22N2O2S. The average molecular weight is 270 g/mol. The van der Waals surface area contributed by atoms with Crippen LogP contribution < -0.4 is 0 Å². The summed E-state index contributed by atoms with van der Waals surface area (Å²) in [5.41, 5.74) is 0. The quantitative estimate of drug-likeness (QED) is 0.767.